The summed E-state index contributed by atoms with van der Waals surface area (Å²) in [5.41, 5.74) is 1.86. The first-order valence-electron chi connectivity index (χ1n) is 8.53. The molecule has 0 aliphatic carbocycles. The van der Waals surface area contributed by atoms with E-state index in [0.717, 1.165) is 23.5 Å². The summed E-state index contributed by atoms with van der Waals surface area (Å²) in [5.74, 6) is 0.367. The predicted molar refractivity (Wildman–Crippen MR) is 103 cm³/mol. The summed E-state index contributed by atoms with van der Waals surface area (Å²) in [7, 11) is 3.63. The lowest BCUT2D eigenvalue weighted by Crippen LogP contribution is -2.39. The molecule has 0 amide bonds. The SMILES string of the molecule is CCOC(=O)c1sc(C(C)NC(=NC)NCCc2cnn(C)c2)nc1C. The van der Waals surface area contributed by atoms with Gasteiger partial charge in [-0.25, -0.2) is 9.78 Å². The van der Waals surface area contributed by atoms with Crippen LogP contribution < -0.4 is 10.6 Å². The molecular weight excluding hydrogens is 352 g/mol. The molecule has 0 aromatic carbocycles. The highest BCUT2D eigenvalue weighted by Crippen LogP contribution is 2.24. The predicted octanol–water partition coefficient (Wildman–Crippen LogP) is 1.83. The molecule has 9 heteroatoms. The largest absolute Gasteiger partial charge is 0.462 e. The third-order valence-corrected chi connectivity index (χ3v) is 5.01. The van der Waals surface area contributed by atoms with Gasteiger partial charge in [-0.3, -0.25) is 9.67 Å². The van der Waals surface area contributed by atoms with Crippen molar-refractivity contribution in [2.45, 2.75) is 33.2 Å². The number of hydrogen-bond acceptors (Lipinski definition) is 6. The molecule has 0 fully saturated rings. The monoisotopic (exact) mass is 378 g/mol. The number of carbonyl (C=O) groups excluding carboxylic acids is 1. The zero-order chi connectivity index (χ0) is 19.1. The average molecular weight is 379 g/mol. The summed E-state index contributed by atoms with van der Waals surface area (Å²) in [5, 5.41) is 11.6. The molecule has 0 aliphatic rings. The van der Waals surface area contributed by atoms with Crippen LogP contribution in [0.1, 0.15) is 45.8 Å². The van der Waals surface area contributed by atoms with Crippen molar-refractivity contribution in [1.82, 2.24) is 25.4 Å². The molecule has 0 bridgehead atoms. The average Bonchev–Trinajstić information content (AvgIpc) is 3.19. The fourth-order valence-corrected chi connectivity index (χ4v) is 3.34. The maximum absolute atomic E-state index is 11.9. The fourth-order valence-electron chi connectivity index (χ4n) is 2.38. The third-order valence-electron chi connectivity index (χ3n) is 3.69. The minimum Gasteiger partial charge on any atom is -0.462 e. The highest BCUT2D eigenvalue weighted by atomic mass is 32.1. The Bertz CT molecular complexity index is 767. The number of thiazole rings is 1. The van der Waals surface area contributed by atoms with E-state index >= 15 is 0 Å². The molecule has 0 saturated carbocycles. The van der Waals surface area contributed by atoms with Crippen LogP contribution in [0, 0.1) is 6.92 Å². The smallest absolute Gasteiger partial charge is 0.350 e. The molecule has 142 valence electrons. The molecule has 0 saturated heterocycles. The Morgan fingerprint density at radius 1 is 1.50 bits per heavy atom. The number of aryl methyl sites for hydroxylation is 2. The summed E-state index contributed by atoms with van der Waals surface area (Å²) in [6, 6.07) is -0.0773. The molecule has 2 rings (SSSR count). The number of esters is 1. The molecule has 0 spiro atoms. The van der Waals surface area contributed by atoms with Gasteiger partial charge in [0.15, 0.2) is 5.96 Å². The molecule has 2 heterocycles. The number of rotatable bonds is 7. The van der Waals surface area contributed by atoms with E-state index in [-0.39, 0.29) is 12.0 Å². The fraction of sp³-hybridized carbons (Fsp3) is 0.529. The molecular formula is C17H26N6O2S. The van der Waals surface area contributed by atoms with Gasteiger partial charge in [0.2, 0.25) is 0 Å². The number of nitrogens with one attached hydrogen (secondary N) is 2. The second-order valence-corrected chi connectivity index (χ2v) is 6.86. The molecule has 0 aliphatic heterocycles. The first-order chi connectivity index (χ1) is 12.4. The zero-order valence-electron chi connectivity index (χ0n) is 15.9. The van der Waals surface area contributed by atoms with E-state index in [2.05, 4.69) is 25.7 Å². The normalized spacial score (nSPS) is 12.7. The van der Waals surface area contributed by atoms with E-state index < -0.39 is 0 Å². The third kappa shape index (κ3) is 5.29. The van der Waals surface area contributed by atoms with Gasteiger partial charge in [0.1, 0.15) is 9.88 Å². The molecule has 1 unspecified atom stereocenters. The minimum atomic E-state index is -0.320. The van der Waals surface area contributed by atoms with Crippen LogP contribution in [0.2, 0.25) is 0 Å². The van der Waals surface area contributed by atoms with Crippen molar-refractivity contribution in [3.05, 3.63) is 33.5 Å². The molecule has 1 atom stereocenters. The number of nitrogens with zero attached hydrogens (tertiary/aromatic N) is 4. The quantitative estimate of drug-likeness (QED) is 0.434. The maximum atomic E-state index is 11.9. The number of guanidine groups is 1. The summed E-state index contributed by atoms with van der Waals surface area (Å²) < 4.78 is 6.86. The lowest BCUT2D eigenvalue weighted by molar-refractivity contribution is 0.0531. The van der Waals surface area contributed by atoms with E-state index in [1.165, 1.54) is 11.3 Å². The van der Waals surface area contributed by atoms with Crippen molar-refractivity contribution in [1.29, 1.82) is 0 Å². The van der Waals surface area contributed by atoms with Gasteiger partial charge >= 0.3 is 5.97 Å². The van der Waals surface area contributed by atoms with Gasteiger partial charge in [0.05, 0.1) is 24.5 Å². The van der Waals surface area contributed by atoms with Gasteiger partial charge in [-0.15, -0.1) is 11.3 Å². The summed E-state index contributed by atoms with van der Waals surface area (Å²) in [4.78, 5) is 21.2. The Morgan fingerprint density at radius 3 is 2.88 bits per heavy atom. The lowest BCUT2D eigenvalue weighted by atomic mass is 10.2. The second-order valence-electron chi connectivity index (χ2n) is 5.82. The summed E-state index contributed by atoms with van der Waals surface area (Å²) in [6.07, 6.45) is 4.71. The number of hydrogen-bond donors (Lipinski definition) is 2. The zero-order valence-corrected chi connectivity index (χ0v) is 16.7. The Morgan fingerprint density at radius 2 is 2.27 bits per heavy atom. The van der Waals surface area contributed by atoms with Gasteiger partial charge in [0, 0.05) is 26.8 Å². The van der Waals surface area contributed by atoms with Crippen molar-refractivity contribution in [2.24, 2.45) is 12.0 Å². The van der Waals surface area contributed by atoms with Crippen LogP contribution in [-0.4, -0.2) is 46.9 Å². The molecule has 2 aromatic rings. The molecule has 2 N–H and O–H groups in total. The summed E-state index contributed by atoms with van der Waals surface area (Å²) in [6.45, 7) is 6.69. The van der Waals surface area contributed by atoms with E-state index in [9.17, 15) is 4.79 Å². The Hall–Kier alpha value is -2.42. The maximum Gasteiger partial charge on any atom is 0.350 e. The topological polar surface area (TPSA) is 93.4 Å². The van der Waals surface area contributed by atoms with Crippen molar-refractivity contribution in [3.63, 3.8) is 0 Å². The van der Waals surface area contributed by atoms with E-state index in [0.29, 0.717) is 23.1 Å². The number of aliphatic imine (C=N–C) groups is 1. The molecule has 26 heavy (non-hydrogen) atoms. The first-order valence-corrected chi connectivity index (χ1v) is 9.35. The van der Waals surface area contributed by atoms with Gasteiger partial charge in [0.25, 0.3) is 0 Å². The number of aromatic nitrogens is 3. The van der Waals surface area contributed by atoms with Crippen LogP contribution in [-0.2, 0) is 18.2 Å². The van der Waals surface area contributed by atoms with Crippen molar-refractivity contribution in [3.8, 4) is 0 Å². The van der Waals surface area contributed by atoms with Gasteiger partial charge in [-0.05, 0) is 32.8 Å². The minimum absolute atomic E-state index is 0.0773. The van der Waals surface area contributed by atoms with Crippen molar-refractivity contribution >= 4 is 23.3 Å². The highest BCUT2D eigenvalue weighted by Gasteiger charge is 2.20. The van der Waals surface area contributed by atoms with Crippen LogP contribution in [0.25, 0.3) is 0 Å². The Labute approximate surface area is 157 Å². The van der Waals surface area contributed by atoms with Gasteiger partial charge < -0.3 is 15.4 Å². The van der Waals surface area contributed by atoms with Crippen LogP contribution >= 0.6 is 11.3 Å². The Kier molecular flexibility index (Phi) is 7.14. The number of carbonyl (C=O) groups is 1. The van der Waals surface area contributed by atoms with Crippen molar-refractivity contribution in [2.75, 3.05) is 20.2 Å². The van der Waals surface area contributed by atoms with Gasteiger partial charge in [-0.2, -0.15) is 5.10 Å². The van der Waals surface area contributed by atoms with Crippen molar-refractivity contribution < 1.29 is 9.53 Å². The molecule has 0 radical (unpaired) electrons. The van der Waals surface area contributed by atoms with Crippen LogP contribution in [0.15, 0.2) is 17.4 Å². The standard InChI is InChI=1S/C17H26N6O2S/c1-6-25-16(24)14-11(2)21-15(26-14)12(3)22-17(18-4)19-8-7-13-9-20-23(5)10-13/h9-10,12H,6-8H2,1-5H3,(H2,18,19,22). The Balaban J connectivity index is 1.91. The second kappa shape index (κ2) is 9.33. The van der Waals surface area contributed by atoms with Crippen LogP contribution in [0.3, 0.4) is 0 Å². The van der Waals surface area contributed by atoms with E-state index in [1.807, 2.05) is 33.3 Å². The molecule has 2 aromatic heterocycles. The van der Waals surface area contributed by atoms with Crippen LogP contribution in [0.4, 0.5) is 0 Å². The highest BCUT2D eigenvalue weighted by molar-refractivity contribution is 7.13. The van der Waals surface area contributed by atoms with E-state index in [1.54, 1.807) is 18.7 Å². The lowest BCUT2D eigenvalue weighted by Gasteiger charge is -2.16. The van der Waals surface area contributed by atoms with Crippen LogP contribution in [0.5, 0.6) is 0 Å². The first kappa shape index (κ1) is 19.9. The van der Waals surface area contributed by atoms with Gasteiger partial charge in [-0.1, -0.05) is 0 Å². The van der Waals surface area contributed by atoms with E-state index in [4.69, 9.17) is 4.74 Å². The number of ether oxygens (including phenoxy) is 1. The summed E-state index contributed by atoms with van der Waals surface area (Å²) >= 11 is 1.35. The molecule has 8 nitrogen and oxygen atoms in total.